The topological polar surface area (TPSA) is 41.5 Å². The highest BCUT2D eigenvalue weighted by Crippen LogP contribution is 2.08. The van der Waals surface area contributed by atoms with Crippen LogP contribution < -0.4 is 5.32 Å². The van der Waals surface area contributed by atoms with Crippen molar-refractivity contribution in [2.75, 3.05) is 26.3 Å². The van der Waals surface area contributed by atoms with Gasteiger partial charge < -0.3 is 15.2 Å². The van der Waals surface area contributed by atoms with Crippen molar-refractivity contribution in [3.63, 3.8) is 0 Å². The average molecular weight is 245 g/mol. The summed E-state index contributed by atoms with van der Waals surface area (Å²) in [6.07, 6.45) is 6.17. The van der Waals surface area contributed by atoms with Gasteiger partial charge in [-0.2, -0.15) is 0 Å². The third-order valence-corrected chi connectivity index (χ3v) is 2.78. The summed E-state index contributed by atoms with van der Waals surface area (Å²) in [5, 5.41) is 12.8. The molecular formula is C14H31NO2. The van der Waals surface area contributed by atoms with Gasteiger partial charge in [0.1, 0.15) is 0 Å². The first kappa shape index (κ1) is 16.9. The molecule has 0 amide bonds. The Labute approximate surface area is 107 Å². The lowest BCUT2D eigenvalue weighted by Gasteiger charge is -2.11. The van der Waals surface area contributed by atoms with Gasteiger partial charge in [0.25, 0.3) is 0 Å². The predicted octanol–water partition coefficient (Wildman–Crippen LogP) is 2.58. The molecule has 0 saturated carbocycles. The Hall–Kier alpha value is -0.120. The Balaban J connectivity index is 3.07. The van der Waals surface area contributed by atoms with Crippen LogP contribution in [0.5, 0.6) is 0 Å². The second-order valence-corrected chi connectivity index (χ2v) is 5.11. The molecule has 0 aliphatic carbocycles. The van der Waals surface area contributed by atoms with E-state index in [1.165, 1.54) is 32.1 Å². The van der Waals surface area contributed by atoms with E-state index in [0.29, 0.717) is 19.8 Å². The van der Waals surface area contributed by atoms with Crippen LogP contribution in [0.2, 0.25) is 0 Å². The van der Waals surface area contributed by atoms with E-state index in [-0.39, 0.29) is 6.10 Å². The minimum Gasteiger partial charge on any atom is -0.389 e. The number of ether oxygens (including phenoxy) is 1. The lowest BCUT2D eigenvalue weighted by molar-refractivity contribution is 0.0429. The molecule has 0 rings (SSSR count). The molecule has 2 N–H and O–H groups in total. The second kappa shape index (κ2) is 12.3. The molecule has 104 valence electrons. The van der Waals surface area contributed by atoms with Gasteiger partial charge in [-0.05, 0) is 25.8 Å². The van der Waals surface area contributed by atoms with Crippen molar-refractivity contribution in [3.8, 4) is 0 Å². The molecule has 0 radical (unpaired) electrons. The Morgan fingerprint density at radius 1 is 1.12 bits per heavy atom. The summed E-state index contributed by atoms with van der Waals surface area (Å²) in [5.41, 5.74) is 0. The van der Waals surface area contributed by atoms with Crippen LogP contribution in [-0.4, -0.2) is 37.5 Å². The van der Waals surface area contributed by atoms with Crippen LogP contribution in [0.15, 0.2) is 0 Å². The zero-order chi connectivity index (χ0) is 12.9. The number of aliphatic hydroxyl groups excluding tert-OH is 1. The fourth-order valence-electron chi connectivity index (χ4n) is 1.74. The van der Waals surface area contributed by atoms with Gasteiger partial charge in [0.2, 0.25) is 0 Å². The normalized spacial score (nSPS) is 13.2. The number of hydrogen-bond donors (Lipinski definition) is 2. The number of aliphatic hydroxyl groups is 1. The second-order valence-electron chi connectivity index (χ2n) is 5.11. The van der Waals surface area contributed by atoms with Gasteiger partial charge in [-0.25, -0.2) is 0 Å². The third kappa shape index (κ3) is 13.8. The SMILES string of the molecule is CCOCC(O)CNCCCCCCC(C)C. The molecule has 0 aromatic heterocycles. The molecule has 3 nitrogen and oxygen atoms in total. The van der Waals surface area contributed by atoms with E-state index >= 15 is 0 Å². The molecule has 0 fully saturated rings. The molecular weight excluding hydrogens is 214 g/mol. The van der Waals surface area contributed by atoms with Gasteiger partial charge >= 0.3 is 0 Å². The Morgan fingerprint density at radius 3 is 2.47 bits per heavy atom. The van der Waals surface area contributed by atoms with Crippen molar-refractivity contribution < 1.29 is 9.84 Å². The van der Waals surface area contributed by atoms with E-state index in [9.17, 15) is 5.11 Å². The maximum atomic E-state index is 9.49. The molecule has 0 spiro atoms. The van der Waals surface area contributed by atoms with Crippen molar-refractivity contribution in [2.24, 2.45) is 5.92 Å². The zero-order valence-electron chi connectivity index (χ0n) is 11.9. The van der Waals surface area contributed by atoms with Crippen molar-refractivity contribution in [1.29, 1.82) is 0 Å². The van der Waals surface area contributed by atoms with Crippen LogP contribution in [0.3, 0.4) is 0 Å². The first-order chi connectivity index (χ1) is 8.16. The zero-order valence-corrected chi connectivity index (χ0v) is 11.9. The van der Waals surface area contributed by atoms with Gasteiger partial charge in [-0.1, -0.05) is 39.5 Å². The Morgan fingerprint density at radius 2 is 1.82 bits per heavy atom. The van der Waals surface area contributed by atoms with E-state index in [2.05, 4.69) is 19.2 Å². The molecule has 0 aromatic rings. The lowest BCUT2D eigenvalue weighted by Crippen LogP contribution is -2.31. The number of unbranched alkanes of at least 4 members (excludes halogenated alkanes) is 3. The highest BCUT2D eigenvalue weighted by Gasteiger charge is 2.02. The Bertz CT molecular complexity index is 151. The van der Waals surface area contributed by atoms with E-state index in [0.717, 1.165) is 12.5 Å². The van der Waals surface area contributed by atoms with Crippen molar-refractivity contribution in [1.82, 2.24) is 5.32 Å². The smallest absolute Gasteiger partial charge is 0.0897 e. The fraction of sp³-hybridized carbons (Fsp3) is 1.00. The molecule has 17 heavy (non-hydrogen) atoms. The first-order valence-electron chi connectivity index (χ1n) is 7.13. The van der Waals surface area contributed by atoms with Gasteiger partial charge in [-0.15, -0.1) is 0 Å². The summed E-state index contributed by atoms with van der Waals surface area (Å²) < 4.78 is 5.14. The van der Waals surface area contributed by atoms with Crippen LogP contribution >= 0.6 is 0 Å². The molecule has 0 aliphatic rings. The summed E-state index contributed by atoms with van der Waals surface area (Å²) in [6, 6.07) is 0. The largest absolute Gasteiger partial charge is 0.389 e. The van der Waals surface area contributed by atoms with Gasteiger partial charge in [0, 0.05) is 13.2 Å². The molecule has 1 atom stereocenters. The number of nitrogens with one attached hydrogen (secondary N) is 1. The summed E-state index contributed by atoms with van der Waals surface area (Å²) in [5.74, 6) is 0.835. The first-order valence-corrected chi connectivity index (χ1v) is 7.13. The minimum absolute atomic E-state index is 0.365. The molecule has 0 aliphatic heterocycles. The number of rotatable bonds is 12. The fourth-order valence-corrected chi connectivity index (χ4v) is 1.74. The third-order valence-electron chi connectivity index (χ3n) is 2.78. The van der Waals surface area contributed by atoms with Gasteiger partial charge in [0.15, 0.2) is 0 Å². The molecule has 1 unspecified atom stereocenters. The number of hydrogen-bond acceptors (Lipinski definition) is 3. The van der Waals surface area contributed by atoms with Crippen molar-refractivity contribution in [2.45, 2.75) is 59.0 Å². The van der Waals surface area contributed by atoms with E-state index in [4.69, 9.17) is 4.74 Å². The summed E-state index contributed by atoms with van der Waals surface area (Å²) in [6.45, 7) is 9.27. The van der Waals surface area contributed by atoms with Crippen LogP contribution in [0, 0.1) is 5.92 Å². The monoisotopic (exact) mass is 245 g/mol. The lowest BCUT2D eigenvalue weighted by atomic mass is 10.0. The molecule has 0 saturated heterocycles. The van der Waals surface area contributed by atoms with Crippen molar-refractivity contribution in [3.05, 3.63) is 0 Å². The molecule has 0 aromatic carbocycles. The molecule has 3 heteroatoms. The average Bonchev–Trinajstić information content (AvgIpc) is 2.29. The Kier molecular flexibility index (Phi) is 12.3. The quantitative estimate of drug-likeness (QED) is 0.519. The highest BCUT2D eigenvalue weighted by molar-refractivity contribution is 4.58. The van der Waals surface area contributed by atoms with Gasteiger partial charge in [-0.3, -0.25) is 0 Å². The maximum Gasteiger partial charge on any atom is 0.0897 e. The van der Waals surface area contributed by atoms with Crippen LogP contribution in [-0.2, 0) is 4.74 Å². The summed E-state index contributed by atoms with van der Waals surface area (Å²) >= 11 is 0. The van der Waals surface area contributed by atoms with Crippen molar-refractivity contribution >= 4 is 0 Å². The van der Waals surface area contributed by atoms with E-state index in [1.54, 1.807) is 0 Å². The summed E-state index contributed by atoms with van der Waals surface area (Å²) in [7, 11) is 0. The van der Waals surface area contributed by atoms with Crippen LogP contribution in [0.1, 0.15) is 52.9 Å². The van der Waals surface area contributed by atoms with Crippen LogP contribution in [0.25, 0.3) is 0 Å². The molecule has 0 heterocycles. The highest BCUT2D eigenvalue weighted by atomic mass is 16.5. The standard InChI is InChI=1S/C14H31NO2/c1-4-17-12-14(16)11-15-10-8-6-5-7-9-13(2)3/h13-16H,4-12H2,1-3H3. The predicted molar refractivity (Wildman–Crippen MR) is 73.3 cm³/mol. The maximum absolute atomic E-state index is 9.49. The van der Waals surface area contributed by atoms with Gasteiger partial charge in [0.05, 0.1) is 12.7 Å². The molecule has 0 bridgehead atoms. The van der Waals surface area contributed by atoms with E-state index < -0.39 is 0 Å². The van der Waals surface area contributed by atoms with E-state index in [1.807, 2.05) is 6.92 Å². The van der Waals surface area contributed by atoms with Crippen LogP contribution in [0.4, 0.5) is 0 Å². The summed E-state index contributed by atoms with van der Waals surface area (Å²) in [4.78, 5) is 0. The minimum atomic E-state index is -0.365.